The minimum absolute atomic E-state index is 0.105. The molecule has 100 valence electrons. The molecule has 1 aromatic carbocycles. The second-order valence-electron chi connectivity index (χ2n) is 3.94. The molecule has 1 aromatic heterocycles. The van der Waals surface area contributed by atoms with Crippen molar-refractivity contribution in [2.45, 2.75) is 13.5 Å². The highest BCUT2D eigenvalue weighted by molar-refractivity contribution is 7.07. The number of rotatable bonds is 4. The number of nitrogens with two attached hydrogens (primary N) is 1. The minimum atomic E-state index is -0.512. The molecule has 0 amide bonds. The second kappa shape index (κ2) is 5.21. The van der Waals surface area contributed by atoms with Crippen LogP contribution in [0.5, 0.6) is 0 Å². The number of para-hydroxylation sites is 1. The van der Waals surface area contributed by atoms with E-state index in [2.05, 4.69) is 5.43 Å². The number of hydrazine groups is 1. The molecule has 2 rings (SSSR count). The molecule has 0 aliphatic rings. The Bertz CT molecular complexity index is 677. The summed E-state index contributed by atoms with van der Waals surface area (Å²) in [5.74, 6) is 5.36. The minimum Gasteiger partial charge on any atom is -0.318 e. The van der Waals surface area contributed by atoms with Crippen LogP contribution in [0.1, 0.15) is 11.3 Å². The van der Waals surface area contributed by atoms with Gasteiger partial charge in [0.15, 0.2) is 0 Å². The number of anilines is 1. The van der Waals surface area contributed by atoms with Crippen LogP contribution in [-0.4, -0.2) is 9.49 Å². The lowest BCUT2D eigenvalue weighted by molar-refractivity contribution is -0.384. The van der Waals surface area contributed by atoms with Gasteiger partial charge in [-0.3, -0.25) is 25.3 Å². The number of nitro benzene ring substituents is 1. The van der Waals surface area contributed by atoms with Crippen LogP contribution in [0.3, 0.4) is 0 Å². The molecule has 8 heteroatoms. The summed E-state index contributed by atoms with van der Waals surface area (Å²) in [6.45, 7) is 2.06. The first-order valence-corrected chi connectivity index (χ1v) is 6.30. The van der Waals surface area contributed by atoms with Crippen molar-refractivity contribution >= 4 is 22.7 Å². The van der Waals surface area contributed by atoms with E-state index in [1.165, 1.54) is 6.07 Å². The van der Waals surface area contributed by atoms with E-state index in [-0.39, 0.29) is 22.8 Å². The van der Waals surface area contributed by atoms with Crippen molar-refractivity contribution in [3.05, 3.63) is 54.6 Å². The van der Waals surface area contributed by atoms with E-state index < -0.39 is 4.92 Å². The number of hydrogen-bond acceptors (Lipinski definition) is 6. The van der Waals surface area contributed by atoms with E-state index in [4.69, 9.17) is 5.84 Å². The van der Waals surface area contributed by atoms with Crippen LogP contribution in [0, 0.1) is 17.0 Å². The smallest absolute Gasteiger partial charge is 0.307 e. The van der Waals surface area contributed by atoms with E-state index in [0.717, 1.165) is 17.0 Å². The largest absolute Gasteiger partial charge is 0.318 e. The normalized spacial score (nSPS) is 10.4. The maximum atomic E-state index is 11.7. The highest BCUT2D eigenvalue weighted by atomic mass is 32.1. The Morgan fingerprint density at radius 2 is 2.26 bits per heavy atom. The summed E-state index contributed by atoms with van der Waals surface area (Å²) in [6.07, 6.45) is 0. The van der Waals surface area contributed by atoms with E-state index in [0.29, 0.717) is 5.56 Å². The Morgan fingerprint density at radius 3 is 2.79 bits per heavy atom. The summed E-state index contributed by atoms with van der Waals surface area (Å²) < 4.78 is 1.55. The van der Waals surface area contributed by atoms with Gasteiger partial charge >= 0.3 is 4.87 Å². The van der Waals surface area contributed by atoms with Gasteiger partial charge in [-0.1, -0.05) is 23.5 Å². The molecule has 1 heterocycles. The van der Waals surface area contributed by atoms with Crippen LogP contribution in [0.2, 0.25) is 0 Å². The molecule has 0 fully saturated rings. The van der Waals surface area contributed by atoms with Gasteiger partial charge in [-0.15, -0.1) is 0 Å². The third-order valence-corrected chi connectivity index (χ3v) is 3.66. The Kier molecular flexibility index (Phi) is 3.63. The fraction of sp³-hybridized carbons (Fsp3) is 0.182. The quantitative estimate of drug-likeness (QED) is 0.501. The van der Waals surface area contributed by atoms with Crippen molar-refractivity contribution in [3.63, 3.8) is 0 Å². The number of nitro groups is 1. The standard InChI is InChI=1S/C11H12N4O3S/c1-7-6-19-11(16)14(7)5-8-3-2-4-9(15(17)18)10(8)13-12/h2-4,6,13H,5,12H2,1H3. The Morgan fingerprint density at radius 1 is 1.53 bits per heavy atom. The first-order valence-electron chi connectivity index (χ1n) is 5.42. The highest BCUT2D eigenvalue weighted by Crippen LogP contribution is 2.27. The van der Waals surface area contributed by atoms with Gasteiger partial charge in [0.05, 0.1) is 11.5 Å². The molecule has 0 bridgehead atoms. The van der Waals surface area contributed by atoms with Crippen molar-refractivity contribution in [1.82, 2.24) is 4.57 Å². The van der Waals surface area contributed by atoms with Gasteiger partial charge in [0.2, 0.25) is 0 Å². The van der Waals surface area contributed by atoms with Gasteiger partial charge in [-0.25, -0.2) is 0 Å². The zero-order chi connectivity index (χ0) is 14.0. The Hall–Kier alpha value is -2.19. The molecule has 0 saturated heterocycles. The predicted octanol–water partition coefficient (Wildman–Crippen LogP) is 1.46. The number of aromatic nitrogens is 1. The van der Waals surface area contributed by atoms with Crippen LogP contribution >= 0.6 is 11.3 Å². The molecule has 19 heavy (non-hydrogen) atoms. The maximum Gasteiger partial charge on any atom is 0.307 e. The molecule has 0 radical (unpaired) electrons. The fourth-order valence-corrected chi connectivity index (χ4v) is 2.54. The van der Waals surface area contributed by atoms with Crippen molar-refractivity contribution < 1.29 is 4.92 Å². The lowest BCUT2D eigenvalue weighted by Gasteiger charge is -2.10. The molecule has 0 atom stereocenters. The highest BCUT2D eigenvalue weighted by Gasteiger charge is 2.17. The summed E-state index contributed by atoms with van der Waals surface area (Å²) in [7, 11) is 0. The number of benzene rings is 1. The molecule has 2 aromatic rings. The topological polar surface area (TPSA) is 103 Å². The summed E-state index contributed by atoms with van der Waals surface area (Å²) in [5, 5.41) is 12.7. The first kappa shape index (κ1) is 13.2. The summed E-state index contributed by atoms with van der Waals surface area (Å²) >= 11 is 1.10. The van der Waals surface area contributed by atoms with Gasteiger partial charge in [0.25, 0.3) is 5.69 Å². The van der Waals surface area contributed by atoms with Crippen LogP contribution in [0.25, 0.3) is 0 Å². The molecule has 0 aliphatic heterocycles. The van der Waals surface area contributed by atoms with Crippen LogP contribution in [-0.2, 0) is 6.54 Å². The molecule has 0 aliphatic carbocycles. The maximum absolute atomic E-state index is 11.7. The molecular weight excluding hydrogens is 268 g/mol. The van der Waals surface area contributed by atoms with Crippen LogP contribution < -0.4 is 16.1 Å². The average molecular weight is 280 g/mol. The van der Waals surface area contributed by atoms with Crippen molar-refractivity contribution in [3.8, 4) is 0 Å². The molecule has 0 spiro atoms. The van der Waals surface area contributed by atoms with E-state index in [1.54, 1.807) is 22.1 Å². The number of aryl methyl sites for hydroxylation is 1. The fourth-order valence-electron chi connectivity index (χ4n) is 1.80. The van der Waals surface area contributed by atoms with Gasteiger partial charge in [-0.05, 0) is 6.92 Å². The molecule has 0 saturated carbocycles. The van der Waals surface area contributed by atoms with Crippen molar-refractivity contribution in [2.24, 2.45) is 5.84 Å². The summed E-state index contributed by atoms with van der Waals surface area (Å²) in [5.41, 5.74) is 3.87. The molecule has 7 nitrogen and oxygen atoms in total. The van der Waals surface area contributed by atoms with Gasteiger partial charge < -0.3 is 5.43 Å². The third kappa shape index (κ3) is 2.49. The summed E-state index contributed by atoms with van der Waals surface area (Å²) in [6, 6.07) is 4.63. The number of hydrogen-bond donors (Lipinski definition) is 2. The zero-order valence-corrected chi connectivity index (χ0v) is 10.9. The third-order valence-electron chi connectivity index (χ3n) is 2.77. The zero-order valence-electron chi connectivity index (χ0n) is 10.1. The van der Waals surface area contributed by atoms with Crippen molar-refractivity contribution in [1.29, 1.82) is 0 Å². The van der Waals surface area contributed by atoms with Crippen LogP contribution in [0.4, 0.5) is 11.4 Å². The Labute approximate surface area is 112 Å². The lowest BCUT2D eigenvalue weighted by Crippen LogP contribution is -2.18. The molecule has 3 N–H and O–H groups in total. The van der Waals surface area contributed by atoms with Gasteiger partial charge in [0, 0.05) is 22.7 Å². The van der Waals surface area contributed by atoms with E-state index >= 15 is 0 Å². The number of nitrogen functional groups attached to an aromatic ring is 1. The van der Waals surface area contributed by atoms with E-state index in [9.17, 15) is 14.9 Å². The predicted molar refractivity (Wildman–Crippen MR) is 73.3 cm³/mol. The van der Waals surface area contributed by atoms with Crippen LogP contribution in [0.15, 0.2) is 28.4 Å². The SMILES string of the molecule is Cc1csc(=O)n1Cc1cccc([N+](=O)[O-])c1NN. The van der Waals surface area contributed by atoms with Crippen molar-refractivity contribution in [2.75, 3.05) is 5.43 Å². The second-order valence-corrected chi connectivity index (χ2v) is 4.76. The lowest BCUT2D eigenvalue weighted by atomic mass is 10.1. The molecular formula is C11H12N4O3S. The first-order chi connectivity index (χ1) is 9.04. The summed E-state index contributed by atoms with van der Waals surface area (Å²) in [4.78, 5) is 22.0. The molecule has 0 unspecified atom stereocenters. The number of thiazole rings is 1. The van der Waals surface area contributed by atoms with E-state index in [1.807, 2.05) is 6.92 Å². The van der Waals surface area contributed by atoms with Gasteiger partial charge in [-0.2, -0.15) is 0 Å². The number of nitrogens with zero attached hydrogens (tertiary/aromatic N) is 2. The average Bonchev–Trinajstić information content (AvgIpc) is 2.70. The Balaban J connectivity index is 2.49. The number of nitrogens with one attached hydrogen (secondary N) is 1. The monoisotopic (exact) mass is 280 g/mol. The van der Waals surface area contributed by atoms with Gasteiger partial charge in [0.1, 0.15) is 5.69 Å².